The zero-order chi connectivity index (χ0) is 15.5. The van der Waals surface area contributed by atoms with Gasteiger partial charge in [-0.2, -0.15) is 0 Å². The van der Waals surface area contributed by atoms with Gasteiger partial charge < -0.3 is 14.7 Å². The van der Waals surface area contributed by atoms with Gasteiger partial charge in [-0.25, -0.2) is 0 Å². The van der Waals surface area contributed by atoms with E-state index >= 15 is 0 Å². The SMILES string of the molecule is CC(=O)N(C)c1ccc(OCC2(O)CCC(C)CC2)cc1. The highest BCUT2D eigenvalue weighted by Gasteiger charge is 2.32. The summed E-state index contributed by atoms with van der Waals surface area (Å²) in [5.41, 5.74) is 0.140. The first-order valence-corrected chi connectivity index (χ1v) is 7.59. The Hall–Kier alpha value is -1.55. The molecule has 4 heteroatoms. The van der Waals surface area contributed by atoms with Gasteiger partial charge in [0.2, 0.25) is 5.91 Å². The molecule has 0 aliphatic heterocycles. The van der Waals surface area contributed by atoms with Gasteiger partial charge in [0, 0.05) is 19.7 Å². The normalized spacial score (nSPS) is 25.4. The third-order valence-corrected chi connectivity index (χ3v) is 4.41. The van der Waals surface area contributed by atoms with E-state index in [1.807, 2.05) is 24.3 Å². The molecular weight excluding hydrogens is 266 g/mol. The van der Waals surface area contributed by atoms with E-state index in [0.29, 0.717) is 12.5 Å². The Balaban J connectivity index is 1.90. The summed E-state index contributed by atoms with van der Waals surface area (Å²) in [7, 11) is 1.74. The third-order valence-electron chi connectivity index (χ3n) is 4.41. The van der Waals surface area contributed by atoms with Crippen molar-refractivity contribution in [2.45, 2.75) is 45.1 Å². The molecule has 0 aromatic heterocycles. The predicted molar refractivity (Wildman–Crippen MR) is 83.6 cm³/mol. The molecule has 1 saturated carbocycles. The van der Waals surface area contributed by atoms with Crippen LogP contribution in [0.3, 0.4) is 0 Å². The van der Waals surface area contributed by atoms with E-state index in [0.717, 1.165) is 37.1 Å². The van der Waals surface area contributed by atoms with Crippen LogP contribution in [-0.2, 0) is 4.79 Å². The number of hydrogen-bond donors (Lipinski definition) is 1. The fourth-order valence-corrected chi connectivity index (χ4v) is 2.61. The van der Waals surface area contributed by atoms with Crippen LogP contribution in [0.5, 0.6) is 5.75 Å². The van der Waals surface area contributed by atoms with E-state index in [1.165, 1.54) is 6.92 Å². The monoisotopic (exact) mass is 291 g/mol. The second kappa shape index (κ2) is 6.48. The largest absolute Gasteiger partial charge is 0.491 e. The van der Waals surface area contributed by atoms with Crippen LogP contribution in [0.25, 0.3) is 0 Å². The van der Waals surface area contributed by atoms with Gasteiger partial charge in [0.1, 0.15) is 12.4 Å². The molecule has 1 fully saturated rings. The van der Waals surface area contributed by atoms with Crippen LogP contribution in [0.4, 0.5) is 5.69 Å². The van der Waals surface area contributed by atoms with Gasteiger partial charge in [0.15, 0.2) is 0 Å². The van der Waals surface area contributed by atoms with Crippen LogP contribution in [0.15, 0.2) is 24.3 Å². The lowest BCUT2D eigenvalue weighted by Crippen LogP contribution is -2.39. The Kier molecular flexibility index (Phi) is 4.88. The topological polar surface area (TPSA) is 49.8 Å². The van der Waals surface area contributed by atoms with Crippen molar-refractivity contribution in [1.29, 1.82) is 0 Å². The lowest BCUT2D eigenvalue weighted by atomic mass is 9.80. The Morgan fingerprint density at radius 1 is 1.33 bits per heavy atom. The van der Waals surface area contributed by atoms with Gasteiger partial charge in [-0.05, 0) is 55.9 Å². The number of nitrogens with zero attached hydrogens (tertiary/aromatic N) is 1. The molecule has 1 amide bonds. The van der Waals surface area contributed by atoms with E-state index in [-0.39, 0.29) is 5.91 Å². The number of ether oxygens (including phenoxy) is 1. The molecule has 0 heterocycles. The molecule has 0 bridgehead atoms. The number of hydrogen-bond acceptors (Lipinski definition) is 3. The summed E-state index contributed by atoms with van der Waals surface area (Å²) in [5.74, 6) is 1.42. The van der Waals surface area contributed by atoms with Gasteiger partial charge in [0.05, 0.1) is 5.60 Å². The minimum Gasteiger partial charge on any atom is -0.491 e. The van der Waals surface area contributed by atoms with Crippen molar-refractivity contribution in [3.63, 3.8) is 0 Å². The van der Waals surface area contributed by atoms with Crippen LogP contribution in [0.1, 0.15) is 39.5 Å². The maximum atomic E-state index is 11.3. The Labute approximate surface area is 126 Å². The van der Waals surface area contributed by atoms with E-state index < -0.39 is 5.60 Å². The number of carbonyl (C=O) groups excluding carboxylic acids is 1. The number of amides is 1. The average molecular weight is 291 g/mol. The third kappa shape index (κ3) is 4.21. The smallest absolute Gasteiger partial charge is 0.223 e. The average Bonchev–Trinajstić information content (AvgIpc) is 2.48. The molecule has 1 aromatic carbocycles. The summed E-state index contributed by atoms with van der Waals surface area (Å²) < 4.78 is 5.73. The molecule has 116 valence electrons. The number of benzene rings is 1. The number of anilines is 1. The number of rotatable bonds is 4. The standard InChI is InChI=1S/C17H25NO3/c1-13-8-10-17(20,11-9-13)12-21-16-6-4-15(5-7-16)18(3)14(2)19/h4-7,13,20H,8-12H2,1-3H3. The molecular formula is C17H25NO3. The quantitative estimate of drug-likeness (QED) is 0.927. The Bertz CT molecular complexity index is 475. The summed E-state index contributed by atoms with van der Waals surface area (Å²) in [6, 6.07) is 7.38. The van der Waals surface area contributed by atoms with Gasteiger partial charge in [-0.1, -0.05) is 6.92 Å². The Morgan fingerprint density at radius 2 is 1.90 bits per heavy atom. The molecule has 0 atom stereocenters. The molecule has 1 aromatic rings. The van der Waals surface area contributed by atoms with Gasteiger partial charge >= 0.3 is 0 Å². The van der Waals surface area contributed by atoms with E-state index in [9.17, 15) is 9.90 Å². The molecule has 1 aliphatic rings. The minimum atomic E-state index is -0.693. The lowest BCUT2D eigenvalue weighted by Gasteiger charge is -2.34. The fraction of sp³-hybridized carbons (Fsp3) is 0.588. The minimum absolute atomic E-state index is 0.00527. The summed E-state index contributed by atoms with van der Waals surface area (Å²) >= 11 is 0. The van der Waals surface area contributed by atoms with Crippen molar-refractivity contribution in [2.24, 2.45) is 5.92 Å². The summed E-state index contributed by atoms with van der Waals surface area (Å²) in [5, 5.41) is 10.5. The van der Waals surface area contributed by atoms with Crippen LogP contribution >= 0.6 is 0 Å². The maximum absolute atomic E-state index is 11.3. The van der Waals surface area contributed by atoms with Crippen molar-refractivity contribution in [2.75, 3.05) is 18.6 Å². The van der Waals surface area contributed by atoms with Crippen molar-refractivity contribution < 1.29 is 14.6 Å². The van der Waals surface area contributed by atoms with E-state index in [1.54, 1.807) is 11.9 Å². The molecule has 1 N–H and O–H groups in total. The highest BCUT2D eigenvalue weighted by atomic mass is 16.5. The maximum Gasteiger partial charge on any atom is 0.223 e. The first kappa shape index (κ1) is 15.8. The number of carbonyl (C=O) groups is 1. The molecule has 0 saturated heterocycles. The first-order chi connectivity index (χ1) is 9.89. The Morgan fingerprint density at radius 3 is 2.43 bits per heavy atom. The van der Waals surface area contributed by atoms with Crippen LogP contribution in [0.2, 0.25) is 0 Å². The van der Waals surface area contributed by atoms with Crippen LogP contribution in [0, 0.1) is 5.92 Å². The van der Waals surface area contributed by atoms with Crippen molar-refractivity contribution in [1.82, 2.24) is 0 Å². The van der Waals surface area contributed by atoms with Gasteiger partial charge in [0.25, 0.3) is 0 Å². The van der Waals surface area contributed by atoms with Gasteiger partial charge in [-0.3, -0.25) is 4.79 Å². The zero-order valence-corrected chi connectivity index (χ0v) is 13.1. The van der Waals surface area contributed by atoms with Crippen molar-refractivity contribution >= 4 is 11.6 Å². The molecule has 1 aliphatic carbocycles. The first-order valence-electron chi connectivity index (χ1n) is 7.59. The lowest BCUT2D eigenvalue weighted by molar-refractivity contribution is -0.116. The van der Waals surface area contributed by atoms with E-state index in [4.69, 9.17) is 4.74 Å². The fourth-order valence-electron chi connectivity index (χ4n) is 2.61. The molecule has 0 radical (unpaired) electrons. The van der Waals surface area contributed by atoms with Crippen LogP contribution < -0.4 is 9.64 Å². The molecule has 2 rings (SSSR count). The second-order valence-electron chi connectivity index (χ2n) is 6.27. The second-order valence-corrected chi connectivity index (χ2v) is 6.27. The van der Waals surface area contributed by atoms with Crippen LogP contribution in [-0.4, -0.2) is 30.3 Å². The highest BCUT2D eigenvalue weighted by molar-refractivity contribution is 5.90. The number of aliphatic hydroxyl groups is 1. The molecule has 0 spiro atoms. The van der Waals surface area contributed by atoms with Gasteiger partial charge in [-0.15, -0.1) is 0 Å². The molecule has 4 nitrogen and oxygen atoms in total. The highest BCUT2D eigenvalue weighted by Crippen LogP contribution is 2.32. The summed E-state index contributed by atoms with van der Waals surface area (Å²) in [4.78, 5) is 12.9. The molecule has 0 unspecified atom stereocenters. The zero-order valence-electron chi connectivity index (χ0n) is 13.1. The predicted octanol–water partition coefficient (Wildman–Crippen LogP) is 2.99. The molecule has 21 heavy (non-hydrogen) atoms. The van der Waals surface area contributed by atoms with Crippen molar-refractivity contribution in [3.8, 4) is 5.75 Å². The van der Waals surface area contributed by atoms with E-state index in [2.05, 4.69) is 6.92 Å². The summed E-state index contributed by atoms with van der Waals surface area (Å²) in [6.07, 6.45) is 3.73. The van der Waals surface area contributed by atoms with Crippen molar-refractivity contribution in [3.05, 3.63) is 24.3 Å². The summed E-state index contributed by atoms with van der Waals surface area (Å²) in [6.45, 7) is 4.09.